The number of hydrogen-bond donors (Lipinski definition) is 1. The fourth-order valence-corrected chi connectivity index (χ4v) is 2.60. The Labute approximate surface area is 161 Å². The second-order valence-electron chi connectivity index (χ2n) is 5.59. The molecule has 0 aromatic heterocycles. The molecule has 5 nitrogen and oxygen atoms in total. The van der Waals surface area contributed by atoms with Crippen LogP contribution in [0, 0.1) is 5.92 Å². The van der Waals surface area contributed by atoms with Crippen LogP contribution in [0.3, 0.4) is 0 Å². The van der Waals surface area contributed by atoms with Gasteiger partial charge in [-0.1, -0.05) is 0 Å². The lowest BCUT2D eigenvalue weighted by atomic mass is 9.79. The van der Waals surface area contributed by atoms with E-state index in [1.54, 1.807) is 0 Å². The number of carbonyl (C=O) groups excluding carboxylic acids is 1. The number of carbonyl (C=O) groups is 1. The van der Waals surface area contributed by atoms with Gasteiger partial charge in [-0.05, 0) is 49.8 Å². The summed E-state index contributed by atoms with van der Waals surface area (Å²) < 4.78 is 119. The zero-order valence-electron chi connectivity index (χ0n) is 26.4. The Kier molecular flexibility index (Phi) is 1.95. The molecule has 1 unspecified atom stereocenters. The van der Waals surface area contributed by atoms with Crippen LogP contribution in [0.2, 0.25) is 0 Å². The van der Waals surface area contributed by atoms with Crippen molar-refractivity contribution in [2.24, 2.45) is 5.92 Å². The summed E-state index contributed by atoms with van der Waals surface area (Å²) in [6.45, 7) is -9.93. The van der Waals surface area contributed by atoms with Crippen LogP contribution in [0.1, 0.15) is 61.5 Å². The summed E-state index contributed by atoms with van der Waals surface area (Å²) in [6, 6.07) is 0.0196. The summed E-state index contributed by atoms with van der Waals surface area (Å²) in [7, 11) is 2.45. The van der Waals surface area contributed by atoms with Crippen molar-refractivity contribution in [1.82, 2.24) is 4.90 Å². The van der Waals surface area contributed by atoms with Gasteiger partial charge in [0.2, 0.25) is 0 Å². The van der Waals surface area contributed by atoms with E-state index in [4.69, 9.17) is 27.3 Å². The first-order valence-electron chi connectivity index (χ1n) is 13.7. The summed E-state index contributed by atoms with van der Waals surface area (Å²) in [4.78, 5) is 13.6. The Balaban J connectivity index is 2.43. The number of benzene rings is 1. The number of Topliss-reactive ketones (excluding diaryl/α,β-unsaturated/α-hetero) is 1. The molecule has 0 amide bonds. The van der Waals surface area contributed by atoms with Crippen molar-refractivity contribution in [2.75, 3.05) is 27.2 Å². The molecule has 2 aliphatic heterocycles. The Morgan fingerprint density at radius 3 is 2.83 bits per heavy atom. The summed E-state index contributed by atoms with van der Waals surface area (Å²) in [6.07, 6.45) is -10.0. The van der Waals surface area contributed by atoms with Gasteiger partial charge in [0.15, 0.2) is 11.5 Å². The number of fused-ring (bicyclic) bond motifs is 3. The van der Waals surface area contributed by atoms with Gasteiger partial charge in [0.1, 0.15) is 5.78 Å². The number of aliphatic hydroxyl groups is 1. The van der Waals surface area contributed by atoms with Crippen LogP contribution in [0.5, 0.6) is 11.5 Å². The summed E-state index contributed by atoms with van der Waals surface area (Å²) >= 11 is 0. The van der Waals surface area contributed by atoms with Crippen LogP contribution in [-0.2, 0) is 11.2 Å². The molecule has 24 heavy (non-hydrogen) atoms. The first-order valence-corrected chi connectivity index (χ1v) is 7.21. The predicted octanol–water partition coefficient (Wildman–Crippen LogP) is 2.35. The molecular formula is C19H27NO4. The molecule has 0 radical (unpaired) electrons. The third-order valence-electron chi connectivity index (χ3n) is 3.65. The van der Waals surface area contributed by atoms with E-state index in [0.29, 0.717) is 6.92 Å². The van der Waals surface area contributed by atoms with E-state index in [1.165, 1.54) is 14.2 Å². The molecule has 3 atom stereocenters. The molecule has 1 N–H and O–H groups in total. The van der Waals surface area contributed by atoms with Crippen molar-refractivity contribution < 1.29 is 37.2 Å². The van der Waals surface area contributed by atoms with Gasteiger partial charge in [-0.15, -0.1) is 0 Å². The largest absolute Gasteiger partial charge is 0.493 e. The predicted molar refractivity (Wildman–Crippen MR) is 91.6 cm³/mol. The number of ketones is 1. The zero-order chi connectivity index (χ0) is 28.9. The summed E-state index contributed by atoms with van der Waals surface area (Å²) in [5.41, 5.74) is -4.17. The van der Waals surface area contributed by atoms with Crippen molar-refractivity contribution in [1.29, 1.82) is 0 Å². The van der Waals surface area contributed by atoms with Gasteiger partial charge in [-0.25, -0.2) is 0 Å². The molecule has 1 fully saturated rings. The highest BCUT2D eigenvalue weighted by molar-refractivity contribution is 5.83. The molecule has 1 aromatic carbocycles. The maximum atomic E-state index is 13.5. The minimum Gasteiger partial charge on any atom is -0.493 e. The number of hydrogen-bond acceptors (Lipinski definition) is 5. The lowest BCUT2D eigenvalue weighted by molar-refractivity contribution is -0.131. The number of rotatable bonds is 4. The number of methoxy groups -OCH3 is 2. The Hall–Kier alpha value is -1.59. The first kappa shape index (κ1) is 7.34. The number of aryl methyl sites for hydroxylation is 1. The lowest BCUT2D eigenvalue weighted by Crippen LogP contribution is -2.47. The molecule has 0 spiro atoms. The molecule has 132 valence electrons. The number of ether oxygens (including phenoxy) is 2. The molecular weight excluding hydrogens is 306 g/mol. The van der Waals surface area contributed by atoms with Crippen molar-refractivity contribution in [3.63, 3.8) is 0 Å². The fraction of sp³-hybridized carbons (Fsp3) is 0.632. The molecule has 0 bridgehead atoms. The molecule has 1 saturated heterocycles. The van der Waals surface area contributed by atoms with Crippen LogP contribution in [0.25, 0.3) is 0 Å². The normalized spacial score (nSPS) is 43.8. The highest BCUT2D eigenvalue weighted by Gasteiger charge is 2.40. The molecule has 2 heterocycles. The highest BCUT2D eigenvalue weighted by Crippen LogP contribution is 2.42. The minimum absolute atomic E-state index is 0.0389. The Bertz CT molecular complexity index is 1120. The summed E-state index contributed by atoms with van der Waals surface area (Å²) in [5, 5.41) is 10.7. The monoisotopic (exact) mass is 346 g/mol. The van der Waals surface area contributed by atoms with E-state index in [9.17, 15) is 9.90 Å². The van der Waals surface area contributed by atoms with E-state index in [0.717, 1.165) is 12.1 Å². The SMILES string of the molecule is [2H]C1([2H])C(=O)[C@@H](C([2H])([2H])C(C)(O)C([2H])([2H])[2H])C([2H])([2H])N2[C@@H]1c1cc(OC)c(OC)cc1C([2H])([2H])C2([2H])[2H]. The van der Waals surface area contributed by atoms with Crippen LogP contribution in [0.4, 0.5) is 0 Å². The van der Waals surface area contributed by atoms with Gasteiger partial charge >= 0.3 is 0 Å². The second kappa shape index (κ2) is 6.37. The van der Waals surface area contributed by atoms with Gasteiger partial charge in [0.05, 0.1) is 19.8 Å². The fourth-order valence-electron chi connectivity index (χ4n) is 2.60. The molecule has 0 saturated carbocycles. The molecule has 1 aromatic rings. The van der Waals surface area contributed by atoms with Crippen molar-refractivity contribution in [3.05, 3.63) is 23.3 Å². The van der Waals surface area contributed by atoms with Crippen molar-refractivity contribution >= 4 is 5.78 Å². The van der Waals surface area contributed by atoms with Crippen LogP contribution < -0.4 is 9.47 Å². The first-order chi connectivity index (χ1) is 16.4. The maximum Gasteiger partial charge on any atom is 0.161 e. The van der Waals surface area contributed by atoms with Gasteiger partial charge in [0, 0.05) is 49.1 Å². The van der Waals surface area contributed by atoms with E-state index < -0.39 is 67.9 Å². The molecule has 0 aliphatic carbocycles. The van der Waals surface area contributed by atoms with Gasteiger partial charge in [0.25, 0.3) is 0 Å². The van der Waals surface area contributed by atoms with E-state index in [-0.39, 0.29) is 22.0 Å². The molecule has 5 heteroatoms. The van der Waals surface area contributed by atoms with Gasteiger partial charge in [-0.3, -0.25) is 9.69 Å². The third kappa shape index (κ3) is 3.28. The molecule has 3 rings (SSSR count). The quantitative estimate of drug-likeness (QED) is 0.907. The average Bonchev–Trinajstić information content (AvgIpc) is 2.72. The highest BCUT2D eigenvalue weighted by atomic mass is 16.5. The standard InChI is InChI=1S/C19H27NO4/c1-19(2,22)10-13-11-20-6-5-12-7-17(23-3)18(24-4)8-14(12)15(20)9-16(13)21/h7-8,13,15,22H,5-6,9-11H2,1-4H3/t13-,15-/m0/s1/i1D3,5D2,6D2,9D2,10D2,11D2/t13-,15-,19?. The molecule has 2 aliphatic rings. The van der Waals surface area contributed by atoms with Crippen LogP contribution >= 0.6 is 0 Å². The average molecular weight is 347 g/mol. The van der Waals surface area contributed by atoms with Gasteiger partial charge in [-0.2, -0.15) is 0 Å². The lowest BCUT2D eigenvalue weighted by Gasteiger charge is -2.44. The maximum absolute atomic E-state index is 13.5. The van der Waals surface area contributed by atoms with E-state index >= 15 is 0 Å². The zero-order valence-corrected chi connectivity index (χ0v) is 13.4. The minimum atomic E-state index is -3.67. The topological polar surface area (TPSA) is 59.0 Å². The summed E-state index contributed by atoms with van der Waals surface area (Å²) in [5.74, 6) is -4.73. The van der Waals surface area contributed by atoms with E-state index in [1.807, 2.05) is 0 Å². The van der Waals surface area contributed by atoms with Gasteiger partial charge < -0.3 is 14.6 Å². The Morgan fingerprint density at radius 2 is 2.17 bits per heavy atom. The van der Waals surface area contributed by atoms with Crippen LogP contribution in [-0.4, -0.2) is 48.6 Å². The van der Waals surface area contributed by atoms with E-state index in [2.05, 4.69) is 0 Å². The van der Waals surface area contributed by atoms with Crippen LogP contribution in [0.15, 0.2) is 12.1 Å². The smallest absolute Gasteiger partial charge is 0.161 e. The number of piperidine rings is 1. The third-order valence-corrected chi connectivity index (χ3v) is 3.65. The number of nitrogens with zero attached hydrogens (tertiary/aromatic N) is 1. The van der Waals surface area contributed by atoms with Crippen molar-refractivity contribution in [2.45, 2.75) is 44.5 Å². The van der Waals surface area contributed by atoms with Crippen molar-refractivity contribution in [3.8, 4) is 11.5 Å². The Morgan fingerprint density at radius 1 is 1.46 bits per heavy atom. The second-order valence-corrected chi connectivity index (χ2v) is 5.59.